The molecule has 0 aromatic carbocycles. The lowest BCUT2D eigenvalue weighted by Crippen LogP contribution is -2.45. The number of hydrazine groups is 1. The van der Waals surface area contributed by atoms with Gasteiger partial charge in [0.1, 0.15) is 11.3 Å². The predicted octanol–water partition coefficient (Wildman–Crippen LogP) is 2.28. The van der Waals surface area contributed by atoms with Crippen LogP contribution in [0.2, 0.25) is 0 Å². The van der Waals surface area contributed by atoms with Crippen molar-refractivity contribution in [3.05, 3.63) is 45.5 Å². The number of amides is 2. The Balaban J connectivity index is 1.78. The Bertz CT molecular complexity index is 770. The second-order valence-corrected chi connectivity index (χ2v) is 6.60. The molecule has 1 aliphatic heterocycles. The molecule has 24 heavy (non-hydrogen) atoms. The van der Waals surface area contributed by atoms with Crippen molar-refractivity contribution in [1.82, 2.24) is 20.2 Å². The summed E-state index contributed by atoms with van der Waals surface area (Å²) in [4.78, 5) is 29.5. The summed E-state index contributed by atoms with van der Waals surface area (Å²) in [5, 5.41) is 6.81. The molecule has 7 nitrogen and oxygen atoms in total. The Labute approximate surface area is 147 Å². The second kappa shape index (κ2) is 6.72. The molecule has 0 radical (unpaired) electrons. The van der Waals surface area contributed by atoms with E-state index >= 15 is 0 Å². The standard InChI is InChI=1S/C16H17BrN4O3/c1-10-15(11(2)24-19-10)16(23)21-5-3-4-20(21)14(22)7-12-6-13(17)9-18-8-12/h6,8-9H,3-5,7H2,1-2H3. The lowest BCUT2D eigenvalue weighted by molar-refractivity contribution is -0.139. The maximum atomic E-state index is 12.8. The van der Waals surface area contributed by atoms with E-state index in [1.165, 1.54) is 10.0 Å². The van der Waals surface area contributed by atoms with E-state index in [-0.39, 0.29) is 18.2 Å². The molecule has 1 fully saturated rings. The molecule has 8 heteroatoms. The number of aryl methyl sites for hydroxylation is 2. The van der Waals surface area contributed by atoms with Crippen molar-refractivity contribution in [3.63, 3.8) is 0 Å². The molecule has 2 aromatic rings. The van der Waals surface area contributed by atoms with Gasteiger partial charge in [-0.1, -0.05) is 5.16 Å². The lowest BCUT2D eigenvalue weighted by atomic mass is 10.2. The fourth-order valence-electron chi connectivity index (χ4n) is 2.82. The highest BCUT2D eigenvalue weighted by Gasteiger charge is 2.33. The molecular weight excluding hydrogens is 376 g/mol. The van der Waals surface area contributed by atoms with Gasteiger partial charge in [-0.2, -0.15) is 0 Å². The first-order valence-corrected chi connectivity index (χ1v) is 8.41. The van der Waals surface area contributed by atoms with Crippen molar-refractivity contribution in [2.24, 2.45) is 0 Å². The Morgan fingerprint density at radius 1 is 1.25 bits per heavy atom. The van der Waals surface area contributed by atoms with Gasteiger partial charge in [0, 0.05) is 30.0 Å². The number of aromatic nitrogens is 2. The van der Waals surface area contributed by atoms with E-state index in [1.807, 2.05) is 6.07 Å². The van der Waals surface area contributed by atoms with Gasteiger partial charge in [-0.05, 0) is 47.8 Å². The summed E-state index contributed by atoms with van der Waals surface area (Å²) in [7, 11) is 0. The number of halogens is 1. The first-order valence-electron chi connectivity index (χ1n) is 7.62. The maximum Gasteiger partial charge on any atom is 0.277 e. The summed E-state index contributed by atoms with van der Waals surface area (Å²) >= 11 is 3.34. The van der Waals surface area contributed by atoms with Crippen molar-refractivity contribution in [1.29, 1.82) is 0 Å². The molecule has 0 saturated carbocycles. The normalized spacial score (nSPS) is 14.3. The number of hydrogen-bond donors (Lipinski definition) is 0. The van der Waals surface area contributed by atoms with Gasteiger partial charge in [-0.3, -0.25) is 19.6 Å². The molecule has 0 unspecified atom stereocenters. The van der Waals surface area contributed by atoms with Crippen molar-refractivity contribution < 1.29 is 14.1 Å². The quantitative estimate of drug-likeness (QED) is 0.800. The summed E-state index contributed by atoms with van der Waals surface area (Å²) in [6.45, 7) is 4.45. The fraction of sp³-hybridized carbons (Fsp3) is 0.375. The Morgan fingerprint density at radius 2 is 2.00 bits per heavy atom. The maximum absolute atomic E-state index is 12.8. The molecule has 0 spiro atoms. The molecule has 3 heterocycles. The van der Waals surface area contributed by atoms with Gasteiger partial charge in [0.15, 0.2) is 0 Å². The lowest BCUT2D eigenvalue weighted by Gasteiger charge is -2.27. The van der Waals surface area contributed by atoms with E-state index in [4.69, 9.17) is 4.52 Å². The average molecular weight is 393 g/mol. The van der Waals surface area contributed by atoms with Crippen molar-refractivity contribution in [3.8, 4) is 0 Å². The zero-order chi connectivity index (χ0) is 17.3. The zero-order valence-corrected chi connectivity index (χ0v) is 15.0. The van der Waals surface area contributed by atoms with Crippen LogP contribution in [0.3, 0.4) is 0 Å². The molecule has 126 valence electrons. The smallest absolute Gasteiger partial charge is 0.277 e. The topological polar surface area (TPSA) is 79.5 Å². The van der Waals surface area contributed by atoms with Crippen LogP contribution in [-0.2, 0) is 11.2 Å². The molecule has 0 N–H and O–H groups in total. The Morgan fingerprint density at radius 3 is 2.67 bits per heavy atom. The first kappa shape index (κ1) is 16.6. The summed E-state index contributed by atoms with van der Waals surface area (Å²) in [6, 6.07) is 1.85. The van der Waals surface area contributed by atoms with Gasteiger partial charge < -0.3 is 4.52 Å². The van der Waals surface area contributed by atoms with Crippen molar-refractivity contribution in [2.45, 2.75) is 26.7 Å². The number of hydrogen-bond acceptors (Lipinski definition) is 5. The molecule has 0 bridgehead atoms. The second-order valence-electron chi connectivity index (χ2n) is 5.69. The summed E-state index contributed by atoms with van der Waals surface area (Å²) in [6.07, 6.45) is 4.26. The minimum absolute atomic E-state index is 0.132. The van der Waals surface area contributed by atoms with Gasteiger partial charge in [0.25, 0.3) is 5.91 Å². The fourth-order valence-corrected chi connectivity index (χ4v) is 3.23. The third kappa shape index (κ3) is 3.19. The van der Waals surface area contributed by atoms with Gasteiger partial charge >= 0.3 is 0 Å². The molecule has 0 atom stereocenters. The Kier molecular flexibility index (Phi) is 4.66. The number of carbonyl (C=O) groups is 2. The van der Waals surface area contributed by atoms with E-state index in [1.54, 1.807) is 26.2 Å². The minimum Gasteiger partial charge on any atom is -0.361 e. The van der Waals surface area contributed by atoms with Crippen LogP contribution in [0.1, 0.15) is 33.8 Å². The van der Waals surface area contributed by atoms with Crippen LogP contribution in [0, 0.1) is 13.8 Å². The predicted molar refractivity (Wildman–Crippen MR) is 89.0 cm³/mol. The number of nitrogens with zero attached hydrogens (tertiary/aromatic N) is 4. The highest BCUT2D eigenvalue weighted by molar-refractivity contribution is 9.10. The van der Waals surface area contributed by atoms with E-state index in [0.29, 0.717) is 30.1 Å². The third-order valence-corrected chi connectivity index (χ3v) is 4.35. The molecule has 1 saturated heterocycles. The number of carbonyl (C=O) groups excluding carboxylic acids is 2. The number of rotatable bonds is 3. The van der Waals surface area contributed by atoms with Gasteiger partial charge in [-0.25, -0.2) is 5.01 Å². The number of pyridine rings is 1. The minimum atomic E-state index is -0.246. The summed E-state index contributed by atoms with van der Waals surface area (Å²) < 4.78 is 5.88. The van der Waals surface area contributed by atoms with E-state index in [0.717, 1.165) is 16.5 Å². The van der Waals surface area contributed by atoms with Crippen molar-refractivity contribution >= 4 is 27.7 Å². The third-order valence-electron chi connectivity index (χ3n) is 3.92. The average Bonchev–Trinajstić information content (AvgIpc) is 3.14. The molecule has 3 rings (SSSR count). The largest absolute Gasteiger partial charge is 0.361 e. The van der Waals surface area contributed by atoms with Crippen LogP contribution in [-0.4, -0.2) is 45.1 Å². The van der Waals surface area contributed by atoms with Crippen LogP contribution < -0.4 is 0 Å². The SMILES string of the molecule is Cc1noc(C)c1C(=O)N1CCCN1C(=O)Cc1cncc(Br)c1. The molecular formula is C16H17BrN4O3. The van der Waals surface area contributed by atoms with E-state index < -0.39 is 0 Å². The van der Waals surface area contributed by atoms with Gasteiger partial charge in [0.2, 0.25) is 5.91 Å². The zero-order valence-electron chi connectivity index (χ0n) is 13.5. The molecule has 2 amide bonds. The first-order chi connectivity index (χ1) is 11.5. The Hall–Kier alpha value is -2.22. The van der Waals surface area contributed by atoms with Crippen LogP contribution in [0.4, 0.5) is 0 Å². The van der Waals surface area contributed by atoms with Crippen LogP contribution in [0.15, 0.2) is 27.5 Å². The van der Waals surface area contributed by atoms with Gasteiger partial charge in [-0.15, -0.1) is 0 Å². The summed E-state index contributed by atoms with van der Waals surface area (Å²) in [5.41, 5.74) is 1.76. The van der Waals surface area contributed by atoms with Crippen LogP contribution in [0.25, 0.3) is 0 Å². The van der Waals surface area contributed by atoms with Gasteiger partial charge in [0.05, 0.1) is 12.1 Å². The highest BCUT2D eigenvalue weighted by atomic mass is 79.9. The molecule has 2 aromatic heterocycles. The van der Waals surface area contributed by atoms with Crippen LogP contribution in [0.5, 0.6) is 0 Å². The summed E-state index contributed by atoms with van der Waals surface area (Å²) in [5.74, 6) is 0.0879. The van der Waals surface area contributed by atoms with E-state index in [2.05, 4.69) is 26.1 Å². The monoisotopic (exact) mass is 392 g/mol. The van der Waals surface area contributed by atoms with E-state index in [9.17, 15) is 9.59 Å². The van der Waals surface area contributed by atoms with Crippen molar-refractivity contribution in [2.75, 3.05) is 13.1 Å². The van der Waals surface area contributed by atoms with Crippen LogP contribution >= 0.6 is 15.9 Å². The highest BCUT2D eigenvalue weighted by Crippen LogP contribution is 2.21. The molecule has 0 aliphatic carbocycles. The molecule has 1 aliphatic rings.